The molecule has 2 rings (SSSR count). The van der Waals surface area contributed by atoms with Crippen LogP contribution in [0.3, 0.4) is 0 Å². The second-order valence-corrected chi connectivity index (χ2v) is 9.61. The molecule has 1 heterocycles. The van der Waals surface area contributed by atoms with Crippen molar-refractivity contribution in [3.63, 3.8) is 0 Å². The number of alkyl halides is 1. The van der Waals surface area contributed by atoms with Crippen molar-refractivity contribution in [1.82, 2.24) is 0 Å². The van der Waals surface area contributed by atoms with Crippen LogP contribution in [-0.4, -0.2) is 44.9 Å². The lowest BCUT2D eigenvalue weighted by molar-refractivity contribution is 0.0702. The maximum Gasteiger partial charge on any atom is 0.345 e. The molecule has 1 aromatic heterocycles. The normalized spacial score (nSPS) is 26.4. The minimum Gasteiger partial charge on any atom is -0.477 e. The van der Waals surface area contributed by atoms with E-state index in [1.54, 1.807) is 19.1 Å². The number of aliphatic hydroxyl groups excluding tert-OH is 2. The highest BCUT2D eigenvalue weighted by Gasteiger charge is 2.44. The van der Waals surface area contributed by atoms with Crippen LogP contribution in [0.5, 0.6) is 0 Å². The minimum atomic E-state index is -0.894. The molecular formula is C22H30ClNO4S. The molecule has 0 aromatic carbocycles. The van der Waals surface area contributed by atoms with Gasteiger partial charge in [-0.25, -0.2) is 11.4 Å². The molecule has 0 bridgehead atoms. The quantitative estimate of drug-likeness (QED) is 0.263. The zero-order valence-corrected chi connectivity index (χ0v) is 18.3. The molecule has 6 atom stereocenters. The van der Waals surface area contributed by atoms with Crippen molar-refractivity contribution >= 4 is 28.9 Å². The van der Waals surface area contributed by atoms with Crippen LogP contribution in [0.25, 0.3) is 4.85 Å². The lowest BCUT2D eigenvalue weighted by Gasteiger charge is -2.19. The first-order valence-electron chi connectivity index (χ1n) is 10.2. The fourth-order valence-corrected chi connectivity index (χ4v) is 5.35. The van der Waals surface area contributed by atoms with E-state index in [4.69, 9.17) is 23.3 Å². The third-order valence-electron chi connectivity index (χ3n) is 5.55. The maximum absolute atomic E-state index is 11.0. The Morgan fingerprint density at radius 2 is 2.14 bits per heavy atom. The van der Waals surface area contributed by atoms with Crippen LogP contribution >= 0.6 is 22.9 Å². The van der Waals surface area contributed by atoms with Gasteiger partial charge in [0.05, 0.1) is 18.1 Å². The summed E-state index contributed by atoms with van der Waals surface area (Å²) in [5.74, 6) is -0.690. The number of nitrogens with zero attached hydrogens (tertiary/aromatic N) is 1. The van der Waals surface area contributed by atoms with E-state index < -0.39 is 12.1 Å². The lowest BCUT2D eigenvalue weighted by atomic mass is 9.88. The SMILES string of the molecule is [C-]#[N+][C@@H]1C[C@@H](Cl)[C@H](CCCc2ccc(C(=O)O)s2)[C@H]1/C=C/[C@@H](O)CCC[C@@H](C)O. The van der Waals surface area contributed by atoms with Gasteiger partial charge in [-0.15, -0.1) is 22.9 Å². The third-order valence-corrected chi connectivity index (χ3v) is 7.18. The average Bonchev–Trinajstić information content (AvgIpc) is 3.25. The van der Waals surface area contributed by atoms with E-state index in [-0.39, 0.29) is 29.4 Å². The van der Waals surface area contributed by atoms with E-state index in [0.717, 1.165) is 30.6 Å². The minimum absolute atomic E-state index is 0.0272. The summed E-state index contributed by atoms with van der Waals surface area (Å²) in [6.07, 6.45) is 8.05. The first-order valence-corrected chi connectivity index (χ1v) is 11.4. The van der Waals surface area contributed by atoms with Crippen molar-refractivity contribution < 1.29 is 20.1 Å². The Kier molecular flexibility index (Phi) is 9.64. The first-order chi connectivity index (χ1) is 13.8. The summed E-state index contributed by atoms with van der Waals surface area (Å²) in [4.78, 5) is 16.2. The molecule has 1 saturated carbocycles. The lowest BCUT2D eigenvalue weighted by Crippen LogP contribution is -2.18. The van der Waals surface area contributed by atoms with Gasteiger partial charge in [0.25, 0.3) is 0 Å². The van der Waals surface area contributed by atoms with Crippen molar-refractivity contribution in [3.8, 4) is 0 Å². The van der Waals surface area contributed by atoms with Gasteiger partial charge >= 0.3 is 5.97 Å². The van der Waals surface area contributed by atoms with E-state index in [1.165, 1.54) is 11.3 Å². The molecule has 1 aliphatic carbocycles. The van der Waals surface area contributed by atoms with E-state index in [2.05, 4.69) is 4.85 Å². The third kappa shape index (κ3) is 7.42. The number of aromatic carboxylic acids is 1. The molecule has 29 heavy (non-hydrogen) atoms. The Morgan fingerprint density at radius 3 is 2.76 bits per heavy atom. The summed E-state index contributed by atoms with van der Waals surface area (Å²) in [7, 11) is 0. The molecule has 0 unspecified atom stereocenters. The Balaban J connectivity index is 1.90. The van der Waals surface area contributed by atoms with Crippen LogP contribution in [-0.2, 0) is 6.42 Å². The highest BCUT2D eigenvalue weighted by molar-refractivity contribution is 7.13. The Hall–Kier alpha value is -1.39. The number of aliphatic hydroxyl groups is 2. The number of hydrogen-bond acceptors (Lipinski definition) is 4. The van der Waals surface area contributed by atoms with Crippen LogP contribution in [0.15, 0.2) is 24.3 Å². The number of carboxylic acid groups (broad SMARTS) is 1. The van der Waals surface area contributed by atoms with Crippen molar-refractivity contribution in [2.75, 3.05) is 0 Å². The molecule has 1 fully saturated rings. The average molecular weight is 440 g/mol. The van der Waals surface area contributed by atoms with Crippen LogP contribution in [0.1, 0.15) is 60.0 Å². The van der Waals surface area contributed by atoms with E-state index in [1.807, 2.05) is 12.1 Å². The largest absolute Gasteiger partial charge is 0.477 e. The molecule has 0 radical (unpaired) electrons. The number of aryl methyl sites for hydroxylation is 1. The summed E-state index contributed by atoms with van der Waals surface area (Å²) < 4.78 is 0. The van der Waals surface area contributed by atoms with E-state index in [0.29, 0.717) is 24.1 Å². The Bertz CT molecular complexity index is 727. The van der Waals surface area contributed by atoms with Gasteiger partial charge in [-0.1, -0.05) is 12.2 Å². The molecule has 5 nitrogen and oxygen atoms in total. The van der Waals surface area contributed by atoms with Gasteiger partial charge in [-0.05, 0) is 63.5 Å². The summed E-state index contributed by atoms with van der Waals surface area (Å²) in [6, 6.07) is 3.34. The number of carboxylic acids is 1. The molecule has 1 aromatic rings. The summed E-state index contributed by atoms with van der Waals surface area (Å²) >= 11 is 7.87. The predicted octanol–water partition coefficient (Wildman–Crippen LogP) is 4.77. The Labute approximate surface area is 181 Å². The highest BCUT2D eigenvalue weighted by atomic mass is 35.5. The molecule has 0 aliphatic heterocycles. The number of hydrogen-bond donors (Lipinski definition) is 3. The molecule has 7 heteroatoms. The molecule has 1 aliphatic rings. The Morgan fingerprint density at radius 1 is 1.38 bits per heavy atom. The summed E-state index contributed by atoms with van der Waals surface area (Å²) in [5.41, 5.74) is 0. The maximum atomic E-state index is 11.0. The number of carbonyl (C=O) groups is 1. The van der Waals surface area contributed by atoms with Crippen LogP contribution in [0, 0.1) is 18.4 Å². The topological polar surface area (TPSA) is 82.1 Å². The smallest absolute Gasteiger partial charge is 0.345 e. The summed E-state index contributed by atoms with van der Waals surface area (Å²) in [5, 5.41) is 28.5. The van der Waals surface area contributed by atoms with Crippen molar-refractivity contribution in [2.45, 2.75) is 75.5 Å². The molecule has 0 amide bonds. The second-order valence-electron chi connectivity index (χ2n) is 7.88. The van der Waals surface area contributed by atoms with Gasteiger partial charge in [0.2, 0.25) is 6.04 Å². The van der Waals surface area contributed by atoms with Crippen LogP contribution in [0.2, 0.25) is 0 Å². The molecule has 160 valence electrons. The van der Waals surface area contributed by atoms with Gasteiger partial charge < -0.3 is 20.2 Å². The fourth-order valence-electron chi connectivity index (χ4n) is 3.99. The van der Waals surface area contributed by atoms with Gasteiger partial charge in [0.15, 0.2) is 0 Å². The van der Waals surface area contributed by atoms with Gasteiger partial charge in [0.1, 0.15) is 4.88 Å². The van der Waals surface area contributed by atoms with Gasteiger partial charge in [0, 0.05) is 16.7 Å². The molecular weight excluding hydrogens is 410 g/mol. The number of thiophene rings is 1. The zero-order valence-electron chi connectivity index (χ0n) is 16.7. The van der Waals surface area contributed by atoms with Gasteiger partial charge in [-0.3, -0.25) is 0 Å². The van der Waals surface area contributed by atoms with E-state index in [9.17, 15) is 15.0 Å². The number of halogens is 1. The van der Waals surface area contributed by atoms with Crippen LogP contribution < -0.4 is 0 Å². The standard InChI is InChI=1S/C22H30ClNO4S/c1-14(25)5-3-6-15(26)9-11-18-17(19(23)13-20(18)24-2)8-4-7-16-10-12-21(29-16)22(27)28/h9-12,14-15,17-20,25-26H,3-8,13H2,1H3,(H,27,28)/b11-9+/t14-,15+,17-,18-,19-,20-/m1/s1. The van der Waals surface area contributed by atoms with Gasteiger partial charge in [-0.2, -0.15) is 0 Å². The second kappa shape index (κ2) is 11.7. The highest BCUT2D eigenvalue weighted by Crippen LogP contribution is 2.42. The first kappa shape index (κ1) is 23.9. The molecule has 0 saturated heterocycles. The van der Waals surface area contributed by atoms with E-state index >= 15 is 0 Å². The van der Waals surface area contributed by atoms with Crippen molar-refractivity contribution in [2.24, 2.45) is 11.8 Å². The predicted molar refractivity (Wildman–Crippen MR) is 117 cm³/mol. The summed E-state index contributed by atoms with van der Waals surface area (Å²) in [6.45, 7) is 9.24. The fraction of sp³-hybridized carbons (Fsp3) is 0.636. The zero-order chi connectivity index (χ0) is 21.4. The van der Waals surface area contributed by atoms with Crippen molar-refractivity contribution in [3.05, 3.63) is 45.5 Å². The molecule has 0 spiro atoms. The molecule has 3 N–H and O–H groups in total. The number of rotatable bonds is 11. The monoisotopic (exact) mass is 439 g/mol. The van der Waals surface area contributed by atoms with Crippen LogP contribution in [0.4, 0.5) is 0 Å². The van der Waals surface area contributed by atoms with Crippen molar-refractivity contribution in [1.29, 1.82) is 0 Å².